The molecule has 0 radical (unpaired) electrons. The number of amides is 1. The van der Waals surface area contributed by atoms with E-state index in [1.807, 2.05) is 25.2 Å². The quantitative estimate of drug-likeness (QED) is 0.337. The number of quaternary nitrogens is 2. The lowest BCUT2D eigenvalue weighted by molar-refractivity contribution is -0.907. The Labute approximate surface area is 273 Å². The number of carbonyl (C=O) groups excluding carboxylic acids is 1. The minimum Gasteiger partial charge on any atom is -0.628 e. The Hall–Kier alpha value is -3.44. The van der Waals surface area contributed by atoms with Crippen LogP contribution in [0.2, 0.25) is 0 Å². The van der Waals surface area contributed by atoms with Gasteiger partial charge < -0.3 is 24.8 Å². The summed E-state index contributed by atoms with van der Waals surface area (Å²) in [6.45, 7) is 6.98. The summed E-state index contributed by atoms with van der Waals surface area (Å²) < 4.78 is 6.18. The number of hydrogen-bond donors (Lipinski definition) is 2. The highest BCUT2D eigenvalue weighted by Crippen LogP contribution is 2.40. The molecule has 1 spiro atoms. The summed E-state index contributed by atoms with van der Waals surface area (Å²) in [6, 6.07) is 16.8. The molecule has 0 bridgehead atoms. The molecule has 2 saturated heterocycles. The second kappa shape index (κ2) is 13.0. The van der Waals surface area contributed by atoms with E-state index in [1.165, 1.54) is 31.2 Å². The van der Waals surface area contributed by atoms with Crippen LogP contribution in [0.1, 0.15) is 67.3 Å². The Morgan fingerprint density at radius 2 is 1.74 bits per heavy atom. The van der Waals surface area contributed by atoms with Crippen LogP contribution in [0.4, 0.5) is 5.69 Å². The molecule has 3 fully saturated rings. The molecule has 246 valence electrons. The average molecular weight is 629 g/mol. The van der Waals surface area contributed by atoms with Crippen molar-refractivity contribution in [3.05, 3.63) is 76.4 Å². The van der Waals surface area contributed by atoms with Gasteiger partial charge in [0, 0.05) is 56.7 Å². The number of guanidine groups is 1. The summed E-state index contributed by atoms with van der Waals surface area (Å²) in [5.74, 6) is 2.32. The van der Waals surface area contributed by atoms with Crippen LogP contribution < -0.4 is 15.4 Å². The number of aliphatic imine (C=N–C) groups is 1. The summed E-state index contributed by atoms with van der Waals surface area (Å²) in [7, 11) is 3.47. The minimum atomic E-state index is -0.325. The highest BCUT2D eigenvalue weighted by molar-refractivity contribution is 5.97. The lowest BCUT2D eigenvalue weighted by Gasteiger charge is -2.50. The molecule has 1 aliphatic carbocycles. The highest BCUT2D eigenvalue weighted by Gasteiger charge is 2.51. The number of anilines is 1. The Morgan fingerprint density at radius 3 is 2.43 bits per heavy atom. The number of hydroxylamine groups is 3. The third kappa shape index (κ3) is 6.28. The van der Waals surface area contributed by atoms with E-state index in [2.05, 4.69) is 50.8 Å². The number of carbonyl (C=O) groups is 1. The van der Waals surface area contributed by atoms with Crippen LogP contribution >= 0.6 is 0 Å². The maximum atomic E-state index is 13.9. The number of nitrogens with zero attached hydrogens (tertiary/aromatic N) is 5. The standard InChI is InChI=1S/C36H49N7O3/c1-42(45)21-8-18-41(30-12-6-7-13-30)34-32(42)26-43(22-9-23-43)36(39-34)38-31-15-14-28(24-33(31)46-2)35(44)37-29-16-19-40(20-17-29)25-27-10-4-3-5-11-27/h3-5,10-11,14-15,24,29-30H,6-9,12-13,16-23,25-26H2,1-2H3,(H-,37,38,39,44)/p+1. The fourth-order valence-corrected chi connectivity index (χ4v) is 8.11. The molecule has 0 aromatic heterocycles. The number of benzene rings is 2. The number of rotatable bonds is 7. The minimum absolute atomic E-state index is 0.0689. The van der Waals surface area contributed by atoms with Crippen molar-refractivity contribution in [2.45, 2.75) is 70.0 Å². The number of ether oxygens (including phenoxy) is 1. The van der Waals surface area contributed by atoms with Crippen LogP contribution in [0, 0.1) is 5.21 Å². The van der Waals surface area contributed by atoms with E-state index in [4.69, 9.17) is 9.73 Å². The molecule has 7 rings (SSSR count). The van der Waals surface area contributed by atoms with E-state index < -0.39 is 0 Å². The zero-order chi connectivity index (χ0) is 31.7. The van der Waals surface area contributed by atoms with Gasteiger partial charge in [-0.15, -0.1) is 0 Å². The van der Waals surface area contributed by atoms with Gasteiger partial charge in [-0.3, -0.25) is 19.5 Å². The van der Waals surface area contributed by atoms with Crippen molar-refractivity contribution in [2.24, 2.45) is 4.99 Å². The smallest absolute Gasteiger partial charge is 0.309 e. The average Bonchev–Trinajstić information content (AvgIpc) is 3.54. The van der Waals surface area contributed by atoms with Crippen LogP contribution in [-0.2, 0) is 6.54 Å². The molecule has 2 aromatic carbocycles. The second-order valence-corrected chi connectivity index (χ2v) is 14.2. The van der Waals surface area contributed by atoms with Gasteiger partial charge in [-0.05, 0) is 49.4 Å². The van der Waals surface area contributed by atoms with Gasteiger partial charge in [0.2, 0.25) is 5.70 Å². The van der Waals surface area contributed by atoms with Crippen molar-refractivity contribution in [2.75, 3.05) is 65.3 Å². The molecule has 4 aliphatic heterocycles. The summed E-state index contributed by atoms with van der Waals surface area (Å²) in [6.07, 6.45) is 8.69. The van der Waals surface area contributed by atoms with Crippen LogP contribution in [0.3, 0.4) is 0 Å². The van der Waals surface area contributed by atoms with Crippen molar-refractivity contribution < 1.29 is 18.7 Å². The number of methoxy groups -OCH3 is 1. The van der Waals surface area contributed by atoms with Crippen LogP contribution in [-0.4, -0.2) is 103 Å². The van der Waals surface area contributed by atoms with E-state index in [1.54, 1.807) is 7.11 Å². The first-order valence-corrected chi connectivity index (χ1v) is 17.4. The van der Waals surface area contributed by atoms with Gasteiger partial charge in [0.15, 0.2) is 12.4 Å². The van der Waals surface area contributed by atoms with Crippen molar-refractivity contribution in [3.8, 4) is 5.75 Å². The predicted octanol–water partition coefficient (Wildman–Crippen LogP) is 4.85. The molecule has 10 nitrogen and oxygen atoms in total. The first-order valence-electron chi connectivity index (χ1n) is 17.4. The van der Waals surface area contributed by atoms with Gasteiger partial charge in [-0.25, -0.2) is 0 Å². The first kappa shape index (κ1) is 31.2. The molecule has 1 saturated carbocycles. The van der Waals surface area contributed by atoms with E-state index >= 15 is 0 Å². The van der Waals surface area contributed by atoms with Gasteiger partial charge in [0.05, 0.1) is 39.5 Å². The largest absolute Gasteiger partial charge is 0.628 e. The molecule has 1 amide bonds. The SMILES string of the molecule is COc1cc(C(=O)NC2CCN(Cc3ccccc3)CC2)ccc1NC1=NC2=C(C[N+]13CCC3)[N+](C)([O-])CCCN2C1CCCC1. The van der Waals surface area contributed by atoms with Gasteiger partial charge in [0.25, 0.3) is 5.91 Å². The van der Waals surface area contributed by atoms with E-state index in [0.29, 0.717) is 34.9 Å². The van der Waals surface area contributed by atoms with Crippen LogP contribution in [0.5, 0.6) is 5.75 Å². The predicted molar refractivity (Wildman–Crippen MR) is 181 cm³/mol. The fraction of sp³-hybridized carbons (Fsp3) is 0.556. The third-order valence-electron chi connectivity index (χ3n) is 11.0. The number of hydrogen-bond acceptors (Lipinski definition) is 7. The first-order chi connectivity index (χ1) is 22.3. The summed E-state index contributed by atoms with van der Waals surface area (Å²) in [5, 5.41) is 20.8. The lowest BCUT2D eigenvalue weighted by atomic mass is 10.0. The Balaban J connectivity index is 1.06. The van der Waals surface area contributed by atoms with Crippen LogP contribution in [0.15, 0.2) is 65.0 Å². The van der Waals surface area contributed by atoms with Crippen molar-refractivity contribution in [3.63, 3.8) is 0 Å². The molecule has 46 heavy (non-hydrogen) atoms. The van der Waals surface area contributed by atoms with Crippen LogP contribution in [0.25, 0.3) is 0 Å². The number of likely N-dealkylation sites (N-methyl/N-ethyl adjacent to an activating group) is 1. The van der Waals surface area contributed by atoms with E-state index in [-0.39, 0.29) is 16.6 Å². The topological polar surface area (TPSA) is 92.3 Å². The summed E-state index contributed by atoms with van der Waals surface area (Å²) in [5.41, 5.74) is 3.64. The monoisotopic (exact) mass is 628 g/mol. The van der Waals surface area contributed by atoms with Gasteiger partial charge >= 0.3 is 5.96 Å². The maximum Gasteiger partial charge on any atom is 0.309 e. The molecule has 2 N–H and O–H groups in total. The molecular formula is C36H50N7O3+. The lowest BCUT2D eigenvalue weighted by Crippen LogP contribution is -2.67. The third-order valence-corrected chi connectivity index (χ3v) is 11.0. The number of piperidine rings is 1. The summed E-state index contributed by atoms with van der Waals surface area (Å²) in [4.78, 5) is 23.6. The number of likely N-dealkylation sites (tertiary alicyclic amines) is 1. The maximum absolute atomic E-state index is 13.9. The Morgan fingerprint density at radius 1 is 0.978 bits per heavy atom. The van der Waals surface area contributed by atoms with Crippen molar-refractivity contribution >= 4 is 17.6 Å². The van der Waals surface area contributed by atoms with Gasteiger partial charge in [-0.2, -0.15) is 4.99 Å². The Bertz CT molecular complexity index is 1470. The molecular weight excluding hydrogens is 578 g/mol. The van der Waals surface area contributed by atoms with Crippen molar-refractivity contribution in [1.29, 1.82) is 0 Å². The zero-order valence-corrected chi connectivity index (χ0v) is 27.5. The second-order valence-electron chi connectivity index (χ2n) is 14.2. The van der Waals surface area contributed by atoms with Crippen molar-refractivity contribution in [1.82, 2.24) is 15.1 Å². The molecule has 4 heterocycles. The van der Waals surface area contributed by atoms with Gasteiger partial charge in [-0.1, -0.05) is 43.2 Å². The summed E-state index contributed by atoms with van der Waals surface area (Å²) >= 11 is 0. The Kier molecular flexibility index (Phi) is 8.80. The molecule has 10 heteroatoms. The molecule has 1 atom stereocenters. The highest BCUT2D eigenvalue weighted by atomic mass is 16.5. The van der Waals surface area contributed by atoms with Gasteiger partial charge in [0.1, 0.15) is 5.75 Å². The molecule has 1 unspecified atom stereocenters. The number of nitrogens with one attached hydrogen (secondary N) is 2. The molecule has 2 aromatic rings. The zero-order valence-electron chi connectivity index (χ0n) is 27.5. The van der Waals surface area contributed by atoms with E-state index in [0.717, 1.165) is 88.1 Å². The normalized spacial score (nSPS) is 25.5. The van der Waals surface area contributed by atoms with E-state index in [9.17, 15) is 10.0 Å². The fourth-order valence-electron chi connectivity index (χ4n) is 8.11. The molecule has 5 aliphatic rings.